The number of rotatable bonds is 19. The van der Waals surface area contributed by atoms with Crippen LogP contribution < -0.4 is 41.4 Å². The first-order valence-electron chi connectivity index (χ1n) is 45.8. The maximum atomic E-state index is 12.8. The molecule has 7 fully saturated rings. The lowest BCUT2D eigenvalue weighted by Crippen LogP contribution is -2.49. The van der Waals surface area contributed by atoms with Crippen LogP contribution in [0.1, 0.15) is 195 Å². The number of carbonyl (C=O) groups is 8. The number of azide groups is 1. The molecule has 2 aliphatic heterocycles. The van der Waals surface area contributed by atoms with Gasteiger partial charge in [-0.15, -0.1) is 46.5 Å². The van der Waals surface area contributed by atoms with Crippen molar-refractivity contribution in [3.63, 3.8) is 0 Å². The van der Waals surface area contributed by atoms with E-state index in [0.29, 0.717) is 30.4 Å². The fourth-order valence-electron chi connectivity index (χ4n) is 15.9. The number of anilines is 2. The van der Waals surface area contributed by atoms with Gasteiger partial charge in [0, 0.05) is 30.5 Å². The van der Waals surface area contributed by atoms with Crippen molar-refractivity contribution < 1.29 is 72.3 Å². The SMILES string of the molecule is C#CC(=O)OCC.CC(C)(C)OC(=O)NC1(c2ccccc2)CC1.CCOC(=O)c1cn(C2(c3ccccc3)CC2)nn1.CN1C(=O)[C@@H](N)COc2ccccc21.CN1C(=O)[C@@H](NC(=O)c2cn(C3(c4ccccc4)CC3)nn2)COc2ccccc21.Cl.Cl.NC1(c2ccccc2)CC1.O=C(O)C1(c2ccccc2)CC1.O=C(O)c1cn(C2(c3ccccc3)CC2)nn1.[N-]=[N+]=NC1(c2ccccc2)CC1. The quantitative estimate of drug-likeness (QED) is 0.00833. The second kappa shape index (κ2) is 46.9. The summed E-state index contributed by atoms with van der Waals surface area (Å²) in [5.74, 6) is -0.441. The van der Waals surface area contributed by atoms with E-state index in [4.69, 9.17) is 46.2 Å². The van der Waals surface area contributed by atoms with Gasteiger partial charge in [0.2, 0.25) is 5.91 Å². The molecule has 730 valence electrons. The van der Waals surface area contributed by atoms with Crippen LogP contribution in [0.15, 0.2) is 285 Å². The van der Waals surface area contributed by atoms with Crippen LogP contribution in [0, 0.1) is 12.3 Å². The van der Waals surface area contributed by atoms with Crippen molar-refractivity contribution in [2.24, 2.45) is 16.6 Å². The number of para-hydroxylation sites is 4. The van der Waals surface area contributed by atoms with Gasteiger partial charge in [0.25, 0.3) is 11.8 Å². The molecule has 21 rings (SSSR count). The standard InChI is InChI=1S/C22H21N5O3.C14H15N3O2.C14H19NO2.C12H11N3O2.C10H12N2O2.C10H10O2.C9H9N3.C9H11N.C5H6O2.2ClH/c1-26-18-9-5-6-10-19(18)30-14-17(21(26)29)23-20(28)16-13-27(25-24-16)22(11-12-22)15-7-3-2-4-8-15;1-2-19-13(18)12-10-17(16-15-12)14(8-9-14)11-6-4-3-5-7-11;1-13(2,3)17-12(16)15-14(9-10-14)11-7-5-4-6-8-11;16-11(17)10-8-15(14-13-10)12(6-7-12)9-4-2-1-3-5-9;1-12-8-4-2-3-5-9(8)14-6-7(11)10(12)13;11-9(12)10(6-7-10)8-4-2-1-3-5-8;10-12-11-9(6-7-9)8-4-2-1-3-5-8;10-9(6-7-9)8-4-2-1-3-5-8;1-3-5(6)7-4-2;;/h2-10,13,17H,11-12,14H2,1H3,(H,23,28);3-7,10H,2,8-9H2,1H3;4-8H,9-10H2,1-3H3,(H,15,16);1-5,8H,6-7H2,(H,16,17);2-5,7H,6,11H2,1H3;1-5H,6-7H2,(H,11,12);1-5H,6-7H2;1-5H,6-7,10H2;1H,4H2,2H3;2*1H/t17-;;;;7-;;;;;;/m0...0....../s1. The summed E-state index contributed by atoms with van der Waals surface area (Å²) in [6, 6.07) is 83.3. The summed E-state index contributed by atoms with van der Waals surface area (Å²) in [5, 5.41) is 51.2. The van der Waals surface area contributed by atoms with E-state index in [9.17, 15) is 38.4 Å². The van der Waals surface area contributed by atoms with Crippen LogP contribution >= 0.6 is 24.8 Å². The zero-order valence-corrected chi connectivity index (χ0v) is 80.6. The molecule has 2 atom stereocenters. The highest BCUT2D eigenvalue weighted by atomic mass is 35.5. The second-order valence-corrected chi connectivity index (χ2v) is 35.7. The Hall–Kier alpha value is -15.1. The number of aromatic carboxylic acids is 1. The van der Waals surface area contributed by atoms with Crippen LogP contribution in [-0.4, -0.2) is 161 Å². The third kappa shape index (κ3) is 26.4. The van der Waals surface area contributed by atoms with Crippen molar-refractivity contribution in [1.82, 2.24) is 55.6 Å². The summed E-state index contributed by atoms with van der Waals surface area (Å²) in [7, 11) is 3.37. The highest BCUT2D eigenvalue weighted by Crippen LogP contribution is 2.53. The summed E-state index contributed by atoms with van der Waals surface area (Å²) in [6.45, 7) is 10.1. The number of nitrogens with zero attached hydrogens (tertiary/aromatic N) is 14. The number of nitrogens with one attached hydrogen (secondary N) is 2. The average molecular weight is 1940 g/mol. The maximum absolute atomic E-state index is 12.8. The molecule has 7 saturated carbocycles. The first-order chi connectivity index (χ1) is 66.4. The van der Waals surface area contributed by atoms with Gasteiger partial charge in [0.15, 0.2) is 17.1 Å². The summed E-state index contributed by atoms with van der Waals surface area (Å²) >= 11 is 0. The minimum absolute atomic E-state index is 0. The summed E-state index contributed by atoms with van der Waals surface area (Å²) < 4.78 is 30.9. The van der Waals surface area contributed by atoms with Gasteiger partial charge < -0.3 is 65.8 Å². The van der Waals surface area contributed by atoms with Gasteiger partial charge in [0.05, 0.1) is 76.3 Å². The van der Waals surface area contributed by atoms with E-state index in [2.05, 4.69) is 99.2 Å². The van der Waals surface area contributed by atoms with Gasteiger partial charge >= 0.3 is 30.0 Å². The van der Waals surface area contributed by atoms with Crippen molar-refractivity contribution in [1.29, 1.82) is 0 Å². The number of esters is 2. The number of amides is 4. The molecular formula is C105H116Cl2N18O15. The number of aliphatic carboxylic acids is 1. The van der Waals surface area contributed by atoms with Gasteiger partial charge in [-0.2, -0.15) is 0 Å². The molecule has 35 heteroatoms. The molecule has 4 amide bonds. The number of carboxylic acid groups (broad SMARTS) is 2. The largest absolute Gasteiger partial charge is 0.489 e. The number of ether oxygens (including phenoxy) is 5. The molecule has 12 aromatic rings. The number of aromatic nitrogens is 9. The molecule has 5 heterocycles. The molecular weight excluding hydrogens is 1820 g/mol. The molecule has 3 aromatic heterocycles. The lowest BCUT2D eigenvalue weighted by molar-refractivity contribution is -0.140. The Labute approximate surface area is 824 Å². The lowest BCUT2D eigenvalue weighted by Gasteiger charge is -2.23. The van der Waals surface area contributed by atoms with Crippen LogP contribution in [0.25, 0.3) is 10.4 Å². The van der Waals surface area contributed by atoms with Gasteiger partial charge in [-0.25, -0.2) is 33.2 Å². The number of hydrogen-bond acceptors (Lipinski definition) is 22. The van der Waals surface area contributed by atoms with Crippen molar-refractivity contribution >= 4 is 83.9 Å². The van der Waals surface area contributed by atoms with Crippen molar-refractivity contribution in [2.75, 3.05) is 50.3 Å². The number of alkyl carbamates (subject to hydrolysis) is 1. The molecule has 140 heavy (non-hydrogen) atoms. The third-order valence-electron chi connectivity index (χ3n) is 24.8. The number of terminal acetylenes is 1. The summed E-state index contributed by atoms with van der Waals surface area (Å²) in [6.07, 6.45) is 22.8. The Kier molecular flexibility index (Phi) is 35.3. The van der Waals surface area contributed by atoms with Crippen molar-refractivity contribution in [3.05, 3.63) is 346 Å². The molecule has 0 saturated heterocycles. The first-order valence-corrected chi connectivity index (χ1v) is 45.8. The van der Waals surface area contributed by atoms with Crippen LogP contribution in [-0.2, 0) is 72.0 Å². The Morgan fingerprint density at radius 1 is 0.500 bits per heavy atom. The molecule has 0 unspecified atom stereocenters. The Balaban J connectivity index is 0.000000154. The molecule has 7 aliphatic carbocycles. The summed E-state index contributed by atoms with van der Waals surface area (Å²) in [5.41, 5.74) is 28.0. The van der Waals surface area contributed by atoms with Crippen LogP contribution in [0.4, 0.5) is 16.2 Å². The van der Waals surface area contributed by atoms with Gasteiger partial charge in [-0.3, -0.25) is 19.2 Å². The molecule has 0 spiro atoms. The van der Waals surface area contributed by atoms with Crippen LogP contribution in [0.5, 0.6) is 11.5 Å². The van der Waals surface area contributed by atoms with Crippen molar-refractivity contribution in [2.45, 2.75) is 181 Å². The van der Waals surface area contributed by atoms with E-state index in [1.165, 1.54) is 27.1 Å². The Morgan fingerprint density at radius 3 is 1.25 bits per heavy atom. The zero-order valence-electron chi connectivity index (χ0n) is 79.0. The lowest BCUT2D eigenvalue weighted by atomic mass is 9.97. The van der Waals surface area contributed by atoms with Crippen LogP contribution in [0.2, 0.25) is 0 Å². The van der Waals surface area contributed by atoms with E-state index in [0.717, 1.165) is 123 Å². The second-order valence-electron chi connectivity index (χ2n) is 35.7. The number of carbonyl (C=O) groups excluding carboxylic acids is 6. The van der Waals surface area contributed by atoms with E-state index >= 15 is 0 Å². The number of carboxylic acids is 2. The Morgan fingerprint density at radius 2 is 0.879 bits per heavy atom. The molecule has 0 bridgehead atoms. The Bertz CT molecular complexity index is 6220. The monoisotopic (exact) mass is 1940 g/mol. The van der Waals surface area contributed by atoms with Gasteiger partial charge in [-0.1, -0.05) is 257 Å². The maximum Gasteiger partial charge on any atom is 0.408 e. The number of benzene rings is 9. The van der Waals surface area contributed by atoms with Gasteiger partial charge in [0.1, 0.15) is 42.4 Å². The fraction of sp³-hybridized carbons (Fsp3) is 0.333. The summed E-state index contributed by atoms with van der Waals surface area (Å²) in [4.78, 5) is 98.1. The minimum atomic E-state index is -1.04. The van der Waals surface area contributed by atoms with E-state index in [-0.39, 0.29) is 106 Å². The van der Waals surface area contributed by atoms with E-state index in [1.54, 1.807) is 66.4 Å². The highest BCUT2D eigenvalue weighted by Gasteiger charge is 2.53. The smallest absolute Gasteiger partial charge is 0.408 e. The average Bonchev–Trinajstić information content (AvgIpc) is 1.63. The predicted octanol–water partition coefficient (Wildman–Crippen LogP) is 16.5. The fourth-order valence-corrected chi connectivity index (χ4v) is 15.9. The third-order valence-corrected chi connectivity index (χ3v) is 24.8. The highest BCUT2D eigenvalue weighted by molar-refractivity contribution is 6.03. The number of halogens is 2. The number of likely N-dealkylation sites (N-methyl/N-ethyl adjacent to an activating group) is 2. The number of hydrogen-bond donors (Lipinski definition) is 6. The molecule has 8 N–H and O–H groups in total. The normalized spacial score (nSPS) is 17.5. The van der Waals surface area contributed by atoms with E-state index in [1.807, 2.05) is 239 Å². The first kappa shape index (κ1) is 105. The molecule has 9 aromatic carbocycles. The number of fused-ring (bicyclic) bond motifs is 2. The molecule has 0 radical (unpaired) electrons. The zero-order chi connectivity index (χ0) is 98.3. The molecule has 33 nitrogen and oxygen atoms in total. The topological polar surface area (TPSA) is 447 Å². The van der Waals surface area contributed by atoms with Crippen molar-refractivity contribution in [3.8, 4) is 23.8 Å². The predicted molar refractivity (Wildman–Crippen MR) is 531 cm³/mol. The van der Waals surface area contributed by atoms with E-state index < -0.39 is 52.9 Å². The molecule has 9 aliphatic rings. The number of nitrogens with two attached hydrogens (primary N) is 2. The minimum Gasteiger partial charge on any atom is -0.489 e. The van der Waals surface area contributed by atoms with Gasteiger partial charge in [-0.05, 0) is 193 Å². The van der Waals surface area contributed by atoms with Crippen LogP contribution in [0.3, 0.4) is 0 Å².